The van der Waals surface area contributed by atoms with Gasteiger partial charge in [-0.25, -0.2) is 8.42 Å². The van der Waals surface area contributed by atoms with Crippen molar-refractivity contribution in [1.82, 2.24) is 4.72 Å². The summed E-state index contributed by atoms with van der Waals surface area (Å²) in [6.45, 7) is 9.51. The summed E-state index contributed by atoms with van der Waals surface area (Å²) < 4.78 is 26.5. The van der Waals surface area contributed by atoms with Crippen LogP contribution in [-0.2, 0) is 20.2 Å². The fraction of sp³-hybridized carbons (Fsp3) is 0.400. The van der Waals surface area contributed by atoms with Crippen LogP contribution >= 0.6 is 0 Å². The van der Waals surface area contributed by atoms with Gasteiger partial charge >= 0.3 is 5.97 Å². The summed E-state index contributed by atoms with van der Waals surface area (Å²) in [5.74, 6) is -1.23. The molecule has 1 aromatic rings. The van der Waals surface area contributed by atoms with E-state index in [9.17, 15) is 13.2 Å². The van der Waals surface area contributed by atoms with Crippen LogP contribution in [0.1, 0.15) is 32.8 Å². The molecule has 0 fully saturated rings. The fourth-order valence-electron chi connectivity index (χ4n) is 1.76. The normalized spacial score (nSPS) is 13.7. The number of hydrogen-bond donors (Lipinski definition) is 2. The van der Waals surface area contributed by atoms with E-state index in [0.717, 1.165) is 5.56 Å². The standard InChI is InChI=1S/C15H21NO4S/c1-5-6-13(14(17)18)16-21(19,20)12-9-7-11(8-10-12)15(2,3)4/h5,7-10,13,16H,1,6H2,2-4H3,(H,17,18). The van der Waals surface area contributed by atoms with E-state index in [2.05, 4.69) is 11.3 Å². The van der Waals surface area contributed by atoms with E-state index in [-0.39, 0.29) is 16.7 Å². The minimum Gasteiger partial charge on any atom is -0.480 e. The van der Waals surface area contributed by atoms with Gasteiger partial charge in [0, 0.05) is 0 Å². The molecule has 6 heteroatoms. The van der Waals surface area contributed by atoms with Gasteiger partial charge in [-0.3, -0.25) is 4.79 Å². The molecule has 0 aliphatic rings. The van der Waals surface area contributed by atoms with Crippen molar-refractivity contribution in [3.63, 3.8) is 0 Å². The Bertz CT molecular complexity index is 612. The molecule has 0 aliphatic carbocycles. The molecule has 116 valence electrons. The van der Waals surface area contributed by atoms with Gasteiger partial charge in [-0.2, -0.15) is 4.72 Å². The largest absolute Gasteiger partial charge is 0.480 e. The quantitative estimate of drug-likeness (QED) is 0.790. The highest BCUT2D eigenvalue weighted by Gasteiger charge is 2.24. The third-order valence-electron chi connectivity index (χ3n) is 3.03. The first-order valence-corrected chi connectivity index (χ1v) is 8.03. The molecule has 0 saturated heterocycles. The lowest BCUT2D eigenvalue weighted by molar-refractivity contribution is -0.138. The van der Waals surface area contributed by atoms with Crippen LogP contribution in [0, 0.1) is 0 Å². The van der Waals surface area contributed by atoms with Gasteiger partial charge in [0.05, 0.1) is 4.90 Å². The van der Waals surface area contributed by atoms with Crippen LogP contribution in [0.5, 0.6) is 0 Å². The molecule has 0 saturated carbocycles. The van der Waals surface area contributed by atoms with Crippen LogP contribution in [0.3, 0.4) is 0 Å². The maximum absolute atomic E-state index is 12.2. The van der Waals surface area contributed by atoms with Crippen molar-refractivity contribution < 1.29 is 18.3 Å². The monoisotopic (exact) mass is 311 g/mol. The number of carbonyl (C=O) groups is 1. The van der Waals surface area contributed by atoms with Crippen LogP contribution in [-0.4, -0.2) is 25.5 Å². The number of sulfonamides is 1. The zero-order valence-electron chi connectivity index (χ0n) is 12.5. The molecule has 1 rings (SSSR count). The maximum Gasteiger partial charge on any atom is 0.322 e. The van der Waals surface area contributed by atoms with Crippen molar-refractivity contribution in [3.05, 3.63) is 42.5 Å². The Balaban J connectivity index is 3.02. The molecule has 5 nitrogen and oxygen atoms in total. The number of rotatable bonds is 6. The van der Waals surface area contributed by atoms with E-state index in [1.165, 1.54) is 18.2 Å². The van der Waals surface area contributed by atoms with Crippen LogP contribution in [0.2, 0.25) is 0 Å². The van der Waals surface area contributed by atoms with Crippen molar-refractivity contribution in [2.24, 2.45) is 0 Å². The molecule has 0 bridgehead atoms. The zero-order valence-corrected chi connectivity index (χ0v) is 13.3. The summed E-state index contributed by atoms with van der Waals surface area (Å²) in [6.07, 6.45) is 1.39. The lowest BCUT2D eigenvalue weighted by Crippen LogP contribution is -2.40. The summed E-state index contributed by atoms with van der Waals surface area (Å²) in [5, 5.41) is 8.99. The highest BCUT2D eigenvalue weighted by molar-refractivity contribution is 7.89. The fourth-order valence-corrected chi connectivity index (χ4v) is 2.96. The molecule has 2 N–H and O–H groups in total. The Hall–Kier alpha value is -1.66. The molecular weight excluding hydrogens is 290 g/mol. The van der Waals surface area contributed by atoms with E-state index in [0.29, 0.717) is 0 Å². The van der Waals surface area contributed by atoms with Crippen LogP contribution in [0.4, 0.5) is 0 Å². The number of nitrogens with one attached hydrogen (secondary N) is 1. The predicted molar refractivity (Wildman–Crippen MR) is 81.7 cm³/mol. The molecule has 1 unspecified atom stereocenters. The summed E-state index contributed by atoms with van der Waals surface area (Å²) in [7, 11) is -3.87. The van der Waals surface area contributed by atoms with Gasteiger partial charge in [-0.05, 0) is 29.5 Å². The van der Waals surface area contributed by atoms with Gasteiger partial charge in [0.25, 0.3) is 0 Å². The van der Waals surface area contributed by atoms with Crippen molar-refractivity contribution in [2.45, 2.75) is 43.5 Å². The van der Waals surface area contributed by atoms with Gasteiger partial charge in [-0.15, -0.1) is 6.58 Å². The number of carboxylic acid groups (broad SMARTS) is 1. The van der Waals surface area contributed by atoms with Gasteiger partial charge in [-0.1, -0.05) is 39.0 Å². The van der Waals surface area contributed by atoms with Crippen molar-refractivity contribution in [2.75, 3.05) is 0 Å². The summed E-state index contributed by atoms with van der Waals surface area (Å²) in [5.41, 5.74) is 0.921. The van der Waals surface area contributed by atoms with Crippen molar-refractivity contribution >= 4 is 16.0 Å². The Morgan fingerprint density at radius 1 is 1.33 bits per heavy atom. The topological polar surface area (TPSA) is 83.5 Å². The summed E-state index contributed by atoms with van der Waals surface area (Å²) >= 11 is 0. The van der Waals surface area contributed by atoms with Gasteiger partial charge in [0.1, 0.15) is 6.04 Å². The number of hydrogen-bond acceptors (Lipinski definition) is 3. The molecule has 0 aromatic heterocycles. The second-order valence-electron chi connectivity index (χ2n) is 5.81. The zero-order chi connectivity index (χ0) is 16.3. The molecule has 0 radical (unpaired) electrons. The van der Waals surface area contributed by atoms with Gasteiger partial charge in [0.15, 0.2) is 0 Å². The maximum atomic E-state index is 12.2. The average Bonchev–Trinajstić information content (AvgIpc) is 2.37. The highest BCUT2D eigenvalue weighted by Crippen LogP contribution is 2.23. The molecule has 0 aliphatic heterocycles. The molecule has 1 aromatic carbocycles. The predicted octanol–water partition coefficient (Wildman–Crippen LogP) is 2.29. The first-order valence-electron chi connectivity index (χ1n) is 6.54. The first-order chi connectivity index (χ1) is 9.58. The number of benzene rings is 1. The molecule has 1 atom stereocenters. The second kappa shape index (κ2) is 6.41. The van der Waals surface area contributed by atoms with Gasteiger partial charge < -0.3 is 5.11 Å². The Kier molecular flexibility index (Phi) is 5.31. The van der Waals surface area contributed by atoms with E-state index < -0.39 is 22.0 Å². The minimum atomic E-state index is -3.87. The summed E-state index contributed by atoms with van der Waals surface area (Å²) in [4.78, 5) is 11.1. The SMILES string of the molecule is C=CCC(NS(=O)(=O)c1ccc(C(C)(C)C)cc1)C(=O)O. The molecule has 21 heavy (non-hydrogen) atoms. The lowest BCUT2D eigenvalue weighted by Gasteiger charge is -2.19. The Labute approximate surface area is 125 Å². The first kappa shape index (κ1) is 17.4. The van der Waals surface area contributed by atoms with Crippen molar-refractivity contribution in [1.29, 1.82) is 0 Å². The minimum absolute atomic E-state index is 0.0225. The van der Waals surface area contributed by atoms with E-state index in [1.807, 2.05) is 20.8 Å². The smallest absolute Gasteiger partial charge is 0.322 e. The van der Waals surface area contributed by atoms with E-state index >= 15 is 0 Å². The van der Waals surface area contributed by atoms with E-state index in [1.54, 1.807) is 12.1 Å². The molecule has 0 heterocycles. The third kappa shape index (κ3) is 4.68. The van der Waals surface area contributed by atoms with Crippen LogP contribution < -0.4 is 4.72 Å². The molecular formula is C15H21NO4S. The summed E-state index contributed by atoms with van der Waals surface area (Å²) in [6, 6.07) is 5.22. The Morgan fingerprint density at radius 2 is 1.86 bits per heavy atom. The number of aliphatic carboxylic acids is 1. The van der Waals surface area contributed by atoms with Crippen LogP contribution in [0.25, 0.3) is 0 Å². The lowest BCUT2D eigenvalue weighted by atomic mass is 9.87. The molecule has 0 amide bonds. The molecule has 0 spiro atoms. The average molecular weight is 311 g/mol. The third-order valence-corrected chi connectivity index (χ3v) is 4.52. The van der Waals surface area contributed by atoms with Gasteiger partial charge in [0.2, 0.25) is 10.0 Å². The van der Waals surface area contributed by atoms with Crippen LogP contribution in [0.15, 0.2) is 41.8 Å². The Morgan fingerprint density at radius 3 is 2.24 bits per heavy atom. The highest BCUT2D eigenvalue weighted by atomic mass is 32.2. The number of carboxylic acids is 1. The second-order valence-corrected chi connectivity index (χ2v) is 7.52. The van der Waals surface area contributed by atoms with E-state index in [4.69, 9.17) is 5.11 Å². The van der Waals surface area contributed by atoms with Crippen molar-refractivity contribution in [3.8, 4) is 0 Å².